The second-order valence-corrected chi connectivity index (χ2v) is 6.74. The van der Waals surface area contributed by atoms with Gasteiger partial charge in [-0.2, -0.15) is 0 Å². The van der Waals surface area contributed by atoms with Gasteiger partial charge in [0.05, 0.1) is 7.11 Å². The van der Waals surface area contributed by atoms with Gasteiger partial charge in [-0.3, -0.25) is 9.59 Å². The Kier molecular flexibility index (Phi) is 4.11. The monoisotopic (exact) mass is 364 g/mol. The minimum absolute atomic E-state index is 0.226. The van der Waals surface area contributed by atoms with Crippen LogP contribution in [0.5, 0.6) is 5.75 Å². The van der Waals surface area contributed by atoms with Crippen LogP contribution in [0.1, 0.15) is 27.2 Å². The number of rotatable bonds is 3. The first-order valence-corrected chi connectivity index (χ1v) is 8.73. The highest BCUT2D eigenvalue weighted by Gasteiger charge is 2.36. The lowest BCUT2D eigenvalue weighted by Gasteiger charge is -2.34. The summed E-state index contributed by atoms with van der Waals surface area (Å²) in [6.07, 6.45) is 0.407. The molecule has 2 amide bonds. The van der Waals surface area contributed by atoms with Gasteiger partial charge >= 0.3 is 0 Å². The number of nitrogens with two attached hydrogens (primary N) is 1. The molecule has 0 aliphatic carbocycles. The second-order valence-electron chi connectivity index (χ2n) is 6.74. The molecule has 2 N–H and O–H groups in total. The van der Waals surface area contributed by atoms with Crippen molar-refractivity contribution in [2.24, 2.45) is 5.73 Å². The molecule has 0 fully saturated rings. The summed E-state index contributed by atoms with van der Waals surface area (Å²) in [5.74, 6) is 0.0234. The molecule has 27 heavy (non-hydrogen) atoms. The van der Waals surface area contributed by atoms with Crippen LogP contribution in [0.4, 0.5) is 0 Å². The summed E-state index contributed by atoms with van der Waals surface area (Å²) >= 11 is 0. The first-order valence-electron chi connectivity index (χ1n) is 8.73. The summed E-state index contributed by atoms with van der Waals surface area (Å²) in [6.45, 7) is 2.16. The van der Waals surface area contributed by atoms with E-state index in [4.69, 9.17) is 14.9 Å². The van der Waals surface area contributed by atoms with Gasteiger partial charge in [-0.1, -0.05) is 24.3 Å². The molecule has 138 valence electrons. The van der Waals surface area contributed by atoms with Crippen molar-refractivity contribution in [2.75, 3.05) is 7.11 Å². The van der Waals surface area contributed by atoms with Gasteiger partial charge in [-0.05, 0) is 30.2 Å². The summed E-state index contributed by atoms with van der Waals surface area (Å²) in [5.41, 5.74) is 8.96. The van der Waals surface area contributed by atoms with Gasteiger partial charge in [-0.15, -0.1) is 0 Å². The Bertz CT molecular complexity index is 1050. The van der Waals surface area contributed by atoms with E-state index in [0.717, 1.165) is 22.1 Å². The van der Waals surface area contributed by atoms with Crippen LogP contribution in [0.15, 0.2) is 46.9 Å². The maximum atomic E-state index is 13.3. The summed E-state index contributed by atoms with van der Waals surface area (Å²) in [7, 11) is 1.58. The van der Waals surface area contributed by atoms with Crippen molar-refractivity contribution in [3.63, 3.8) is 0 Å². The number of hydrogen-bond donors (Lipinski definition) is 1. The van der Waals surface area contributed by atoms with Crippen LogP contribution in [0.2, 0.25) is 0 Å². The first kappa shape index (κ1) is 17.1. The second kappa shape index (κ2) is 6.46. The number of aryl methyl sites for hydroxylation is 1. The van der Waals surface area contributed by atoms with Crippen molar-refractivity contribution in [1.82, 2.24) is 4.90 Å². The van der Waals surface area contributed by atoms with E-state index < -0.39 is 11.9 Å². The Hall–Kier alpha value is -3.28. The van der Waals surface area contributed by atoms with Crippen molar-refractivity contribution in [1.29, 1.82) is 0 Å². The Balaban J connectivity index is 1.76. The fraction of sp³-hybridized carbons (Fsp3) is 0.238. The average molecular weight is 364 g/mol. The van der Waals surface area contributed by atoms with Crippen molar-refractivity contribution in [3.8, 4) is 5.75 Å². The highest BCUT2D eigenvalue weighted by atomic mass is 16.5. The number of amides is 2. The molecule has 6 nitrogen and oxygen atoms in total. The van der Waals surface area contributed by atoms with E-state index in [1.165, 1.54) is 4.90 Å². The fourth-order valence-electron chi connectivity index (χ4n) is 3.66. The lowest BCUT2D eigenvalue weighted by Crippen LogP contribution is -2.51. The zero-order valence-corrected chi connectivity index (χ0v) is 15.2. The SMILES string of the molecule is COc1ccc2c(C)c(C(=O)N3Cc4ccccc4C[C@@H]3C(N)=O)oc2c1. The summed E-state index contributed by atoms with van der Waals surface area (Å²) in [6, 6.07) is 12.5. The van der Waals surface area contributed by atoms with Crippen molar-refractivity contribution in [3.05, 3.63) is 64.9 Å². The third-order valence-corrected chi connectivity index (χ3v) is 5.18. The molecule has 2 aromatic carbocycles. The molecule has 0 unspecified atom stereocenters. The van der Waals surface area contributed by atoms with Gasteiger partial charge < -0.3 is 19.8 Å². The molecule has 0 saturated carbocycles. The number of primary amides is 1. The van der Waals surface area contributed by atoms with Crippen LogP contribution in [0.25, 0.3) is 11.0 Å². The van der Waals surface area contributed by atoms with E-state index >= 15 is 0 Å². The van der Waals surface area contributed by atoms with Crippen LogP contribution < -0.4 is 10.5 Å². The molecule has 0 spiro atoms. The number of ether oxygens (including phenoxy) is 1. The highest BCUT2D eigenvalue weighted by molar-refractivity contribution is 6.01. The Labute approximate surface area is 156 Å². The van der Waals surface area contributed by atoms with Crippen molar-refractivity contribution in [2.45, 2.75) is 25.9 Å². The molecule has 0 saturated heterocycles. The van der Waals surface area contributed by atoms with E-state index in [-0.39, 0.29) is 11.7 Å². The van der Waals surface area contributed by atoms with Gasteiger partial charge in [0.1, 0.15) is 17.4 Å². The fourth-order valence-corrected chi connectivity index (χ4v) is 3.66. The molecule has 0 radical (unpaired) electrons. The third-order valence-electron chi connectivity index (χ3n) is 5.18. The molecular formula is C21H20N2O4. The highest BCUT2D eigenvalue weighted by Crippen LogP contribution is 2.31. The molecule has 1 aromatic heterocycles. The number of benzene rings is 2. The number of methoxy groups -OCH3 is 1. The summed E-state index contributed by atoms with van der Waals surface area (Å²) in [5, 5.41) is 0.840. The standard InChI is InChI=1S/C21H20N2O4/c1-12-16-8-7-15(26-2)10-18(16)27-19(12)21(25)23-11-14-6-4-3-5-13(14)9-17(23)20(22)24/h3-8,10,17H,9,11H2,1-2H3,(H2,22,24)/t17-/m1/s1. The number of carbonyl (C=O) groups excluding carboxylic acids is 2. The molecule has 2 heterocycles. The summed E-state index contributed by atoms with van der Waals surface area (Å²) < 4.78 is 11.1. The largest absolute Gasteiger partial charge is 0.497 e. The Morgan fingerprint density at radius 3 is 2.63 bits per heavy atom. The molecule has 3 aromatic rings. The lowest BCUT2D eigenvalue weighted by molar-refractivity contribution is -0.122. The van der Waals surface area contributed by atoms with Gasteiger partial charge in [0.2, 0.25) is 5.91 Å². The topological polar surface area (TPSA) is 85.8 Å². The molecule has 1 aliphatic heterocycles. The predicted molar refractivity (Wildman–Crippen MR) is 101 cm³/mol. The number of hydrogen-bond acceptors (Lipinski definition) is 4. The zero-order valence-electron chi connectivity index (χ0n) is 15.2. The maximum Gasteiger partial charge on any atom is 0.290 e. The van der Waals surface area contributed by atoms with Crippen LogP contribution in [-0.2, 0) is 17.8 Å². The quantitative estimate of drug-likeness (QED) is 0.774. The van der Waals surface area contributed by atoms with E-state index in [2.05, 4.69) is 0 Å². The van der Waals surface area contributed by atoms with E-state index in [0.29, 0.717) is 24.3 Å². The average Bonchev–Trinajstić information content (AvgIpc) is 3.02. The van der Waals surface area contributed by atoms with Gasteiger partial charge in [0.15, 0.2) is 5.76 Å². The van der Waals surface area contributed by atoms with E-state index in [9.17, 15) is 9.59 Å². The molecule has 6 heteroatoms. The molecular weight excluding hydrogens is 344 g/mol. The lowest BCUT2D eigenvalue weighted by atomic mass is 9.93. The van der Waals surface area contributed by atoms with Crippen LogP contribution in [-0.4, -0.2) is 29.9 Å². The summed E-state index contributed by atoms with van der Waals surface area (Å²) in [4.78, 5) is 26.8. The van der Waals surface area contributed by atoms with E-state index in [1.54, 1.807) is 13.2 Å². The number of nitrogens with zero attached hydrogens (tertiary/aromatic N) is 1. The van der Waals surface area contributed by atoms with Crippen LogP contribution in [0, 0.1) is 6.92 Å². The molecule has 1 aliphatic rings. The minimum atomic E-state index is -0.699. The van der Waals surface area contributed by atoms with Gasteiger partial charge in [0.25, 0.3) is 5.91 Å². The smallest absolute Gasteiger partial charge is 0.290 e. The van der Waals surface area contributed by atoms with E-state index in [1.807, 2.05) is 43.3 Å². The Morgan fingerprint density at radius 1 is 1.19 bits per heavy atom. The molecule has 4 rings (SSSR count). The van der Waals surface area contributed by atoms with Crippen LogP contribution in [0.3, 0.4) is 0 Å². The van der Waals surface area contributed by atoms with Crippen molar-refractivity contribution < 1.29 is 18.7 Å². The predicted octanol–water partition coefficient (Wildman–Crippen LogP) is 2.80. The van der Waals surface area contributed by atoms with Gasteiger partial charge in [0, 0.05) is 30.0 Å². The third kappa shape index (κ3) is 2.83. The van der Waals surface area contributed by atoms with Gasteiger partial charge in [-0.25, -0.2) is 0 Å². The number of furan rings is 1. The molecule has 1 atom stereocenters. The number of fused-ring (bicyclic) bond motifs is 2. The van der Waals surface area contributed by atoms with Crippen LogP contribution >= 0.6 is 0 Å². The normalized spacial score (nSPS) is 16.2. The van der Waals surface area contributed by atoms with Crippen molar-refractivity contribution >= 4 is 22.8 Å². The Morgan fingerprint density at radius 2 is 1.93 bits per heavy atom. The number of carbonyl (C=O) groups is 2. The maximum absolute atomic E-state index is 13.3. The molecule has 0 bridgehead atoms. The first-order chi connectivity index (χ1) is 13.0. The zero-order chi connectivity index (χ0) is 19.1. The minimum Gasteiger partial charge on any atom is -0.497 e.